The number of rotatable bonds is 8. The van der Waals surface area contributed by atoms with Crippen molar-refractivity contribution in [3.05, 3.63) is 144 Å². The van der Waals surface area contributed by atoms with Crippen molar-refractivity contribution in [3.8, 4) is 5.75 Å². The van der Waals surface area contributed by atoms with Gasteiger partial charge in [-0.05, 0) is 76.5 Å². The van der Waals surface area contributed by atoms with Crippen LogP contribution in [0.5, 0.6) is 5.75 Å². The van der Waals surface area contributed by atoms with Crippen LogP contribution in [0.25, 0.3) is 10.8 Å². The lowest BCUT2D eigenvalue weighted by molar-refractivity contribution is 0.0732. The van der Waals surface area contributed by atoms with E-state index in [1.165, 1.54) is 24.3 Å². The molecule has 1 amide bonds. The Morgan fingerprint density at radius 2 is 1.21 bits per heavy atom. The molecule has 0 radical (unpaired) electrons. The van der Waals surface area contributed by atoms with Crippen LogP contribution in [-0.2, 0) is 23.2 Å². The smallest absolute Gasteiger partial charge is 0.339 e. The summed E-state index contributed by atoms with van der Waals surface area (Å²) in [5.74, 6) is -1.04. The van der Waals surface area contributed by atoms with Crippen LogP contribution in [0, 0.1) is 11.6 Å². The number of fused-ring (bicyclic) bond motifs is 1. The number of benzene rings is 5. The predicted molar refractivity (Wildman–Crippen MR) is 145 cm³/mol. The molecule has 0 aliphatic carbocycles. The van der Waals surface area contributed by atoms with Crippen molar-refractivity contribution in [2.24, 2.45) is 0 Å². The van der Waals surface area contributed by atoms with Crippen LogP contribution in [0.15, 0.2) is 120 Å². The summed E-state index contributed by atoms with van der Waals surface area (Å²) >= 11 is 0. The summed E-state index contributed by atoms with van der Waals surface area (Å²) in [4.78, 5) is 15.3. The Balaban J connectivity index is 1.40. The highest BCUT2D eigenvalue weighted by Gasteiger charge is 2.20. The first-order valence-corrected chi connectivity index (χ1v) is 13.5. The maximum absolute atomic E-state index is 13.8. The molecule has 0 aromatic heterocycles. The van der Waals surface area contributed by atoms with Crippen molar-refractivity contribution >= 4 is 26.8 Å². The summed E-state index contributed by atoms with van der Waals surface area (Å²) in [5.41, 5.74) is 2.04. The third kappa shape index (κ3) is 6.13. The van der Waals surface area contributed by atoms with Crippen LogP contribution in [0.3, 0.4) is 0 Å². The number of carbonyl (C=O) groups excluding carboxylic acids is 1. The van der Waals surface area contributed by atoms with E-state index in [1.54, 1.807) is 35.2 Å². The highest BCUT2D eigenvalue weighted by Crippen LogP contribution is 2.24. The first-order valence-electron chi connectivity index (χ1n) is 12.1. The summed E-state index contributed by atoms with van der Waals surface area (Å²) in [6, 6.07) is 29.8. The van der Waals surface area contributed by atoms with Crippen LogP contribution >= 0.6 is 0 Å². The van der Waals surface area contributed by atoms with Gasteiger partial charge in [0.15, 0.2) is 0 Å². The lowest BCUT2D eigenvalue weighted by atomic mass is 10.0. The van der Waals surface area contributed by atoms with Gasteiger partial charge in [-0.15, -0.1) is 0 Å². The number of amides is 1. The molecule has 0 saturated carbocycles. The molecule has 5 rings (SSSR count). The number of carbonyl (C=O) groups is 1. The Bertz CT molecular complexity index is 1720. The lowest BCUT2D eigenvalue weighted by Gasteiger charge is -2.24. The van der Waals surface area contributed by atoms with Gasteiger partial charge in [0.2, 0.25) is 0 Å². The highest BCUT2D eigenvalue weighted by molar-refractivity contribution is 7.87. The summed E-state index contributed by atoms with van der Waals surface area (Å²) in [5, 5.41) is 1.76. The Labute approximate surface area is 225 Å². The molecule has 0 heterocycles. The van der Waals surface area contributed by atoms with Gasteiger partial charge < -0.3 is 9.08 Å². The monoisotopic (exact) mass is 543 g/mol. The fraction of sp³-hybridized carbons (Fsp3) is 0.0645. The van der Waals surface area contributed by atoms with Gasteiger partial charge in [0.1, 0.15) is 22.3 Å². The van der Waals surface area contributed by atoms with Crippen LogP contribution in [0.1, 0.15) is 21.5 Å². The quantitative estimate of drug-likeness (QED) is 0.204. The van der Waals surface area contributed by atoms with Crippen molar-refractivity contribution in [2.45, 2.75) is 18.0 Å². The van der Waals surface area contributed by atoms with Crippen molar-refractivity contribution in [3.63, 3.8) is 0 Å². The van der Waals surface area contributed by atoms with Crippen LogP contribution in [-0.4, -0.2) is 19.2 Å². The zero-order chi connectivity index (χ0) is 27.4. The second-order valence-corrected chi connectivity index (χ2v) is 10.5. The van der Waals surface area contributed by atoms with Crippen LogP contribution < -0.4 is 4.18 Å². The van der Waals surface area contributed by atoms with Gasteiger partial charge in [0, 0.05) is 18.7 Å². The number of hydrogen-bond donors (Lipinski definition) is 0. The topological polar surface area (TPSA) is 63.7 Å². The van der Waals surface area contributed by atoms with Gasteiger partial charge in [-0.2, -0.15) is 8.42 Å². The molecule has 0 spiro atoms. The third-order valence-corrected chi connectivity index (χ3v) is 7.46. The molecule has 5 aromatic rings. The minimum absolute atomic E-state index is 0.0774. The normalized spacial score (nSPS) is 11.3. The van der Waals surface area contributed by atoms with Crippen LogP contribution in [0.2, 0.25) is 0 Å². The second-order valence-electron chi connectivity index (χ2n) is 8.95. The van der Waals surface area contributed by atoms with Gasteiger partial charge in [0.25, 0.3) is 5.91 Å². The molecule has 0 atom stereocenters. The van der Waals surface area contributed by atoms with Gasteiger partial charge in [0.05, 0.1) is 0 Å². The molecule has 8 heteroatoms. The van der Waals surface area contributed by atoms with Gasteiger partial charge in [-0.3, -0.25) is 4.79 Å². The van der Waals surface area contributed by atoms with Gasteiger partial charge in [-0.1, -0.05) is 60.7 Å². The standard InChI is InChI=1S/C31H23F2NO4S/c32-25-12-8-22(9-13-25)20-34(31(35)30-7-3-5-24-4-1-2-6-29(24)30)21-23-10-16-27(17-11-23)38-39(36,37)28-18-14-26(33)15-19-28/h1-19H,20-21H2. The molecule has 0 fully saturated rings. The largest absolute Gasteiger partial charge is 0.379 e. The maximum atomic E-state index is 13.8. The molecule has 0 unspecified atom stereocenters. The van der Waals surface area contributed by atoms with Crippen molar-refractivity contribution in [1.29, 1.82) is 0 Å². The minimum Gasteiger partial charge on any atom is -0.379 e. The van der Waals surface area contributed by atoms with E-state index in [1.807, 2.05) is 36.4 Å². The van der Waals surface area contributed by atoms with E-state index in [2.05, 4.69) is 0 Å². The molecule has 0 aliphatic heterocycles. The number of nitrogens with zero attached hydrogens (tertiary/aromatic N) is 1. The molecule has 39 heavy (non-hydrogen) atoms. The molecule has 0 saturated heterocycles. The van der Waals surface area contributed by atoms with E-state index in [4.69, 9.17) is 4.18 Å². The van der Waals surface area contributed by atoms with Crippen molar-refractivity contribution in [2.75, 3.05) is 0 Å². The fourth-order valence-electron chi connectivity index (χ4n) is 4.24. The first kappa shape index (κ1) is 26.1. The number of hydrogen-bond acceptors (Lipinski definition) is 4. The molecule has 5 nitrogen and oxygen atoms in total. The summed E-state index contributed by atoms with van der Waals surface area (Å²) in [6.45, 7) is 0.448. The second kappa shape index (κ2) is 11.0. The Morgan fingerprint density at radius 1 is 0.667 bits per heavy atom. The summed E-state index contributed by atoms with van der Waals surface area (Å²) < 4.78 is 56.9. The van der Waals surface area contributed by atoms with E-state index < -0.39 is 15.9 Å². The molecular formula is C31H23F2NO4S. The van der Waals surface area contributed by atoms with E-state index >= 15 is 0 Å². The average Bonchev–Trinajstić information content (AvgIpc) is 2.94. The lowest BCUT2D eigenvalue weighted by Crippen LogP contribution is -2.30. The molecule has 5 aromatic carbocycles. The van der Waals surface area contributed by atoms with E-state index in [0.717, 1.165) is 46.2 Å². The molecule has 0 aliphatic rings. The Hall–Kier alpha value is -4.56. The Morgan fingerprint density at radius 3 is 1.85 bits per heavy atom. The van der Waals surface area contributed by atoms with Crippen LogP contribution in [0.4, 0.5) is 8.78 Å². The average molecular weight is 544 g/mol. The van der Waals surface area contributed by atoms with E-state index in [-0.39, 0.29) is 35.5 Å². The zero-order valence-corrected chi connectivity index (χ0v) is 21.4. The number of halogens is 2. The predicted octanol–water partition coefficient (Wildman–Crippen LogP) is 6.73. The fourth-order valence-corrected chi connectivity index (χ4v) is 5.17. The SMILES string of the molecule is O=C(c1cccc2ccccc12)N(Cc1ccc(F)cc1)Cc1ccc(OS(=O)(=O)c2ccc(F)cc2)cc1. The highest BCUT2D eigenvalue weighted by atomic mass is 32.2. The van der Waals surface area contributed by atoms with Crippen molar-refractivity contribution < 1.29 is 26.2 Å². The molecule has 0 N–H and O–H groups in total. The Kier molecular flexibility index (Phi) is 7.38. The van der Waals surface area contributed by atoms with E-state index in [9.17, 15) is 22.0 Å². The van der Waals surface area contributed by atoms with E-state index in [0.29, 0.717) is 5.56 Å². The minimum atomic E-state index is -4.14. The zero-order valence-electron chi connectivity index (χ0n) is 20.6. The maximum Gasteiger partial charge on any atom is 0.339 e. The molecule has 0 bridgehead atoms. The van der Waals surface area contributed by atoms with Gasteiger partial charge in [-0.25, -0.2) is 8.78 Å². The molecule has 196 valence electrons. The molecular weight excluding hydrogens is 520 g/mol. The van der Waals surface area contributed by atoms with Gasteiger partial charge >= 0.3 is 10.1 Å². The van der Waals surface area contributed by atoms with Crippen molar-refractivity contribution in [1.82, 2.24) is 4.90 Å². The summed E-state index contributed by atoms with van der Waals surface area (Å²) in [7, 11) is -4.14. The summed E-state index contributed by atoms with van der Waals surface area (Å²) in [6.07, 6.45) is 0. The third-order valence-electron chi connectivity index (χ3n) is 6.20. The first-order chi connectivity index (χ1) is 18.8.